The van der Waals surface area contributed by atoms with Gasteiger partial charge in [0.15, 0.2) is 0 Å². The third kappa shape index (κ3) is 4.36. The Morgan fingerprint density at radius 1 is 1.14 bits per heavy atom. The van der Waals surface area contributed by atoms with E-state index in [1.54, 1.807) is 36.4 Å². The molecule has 0 aromatic heterocycles. The number of carbonyl (C=O) groups is 1. The average molecular weight is 403 g/mol. The van der Waals surface area contributed by atoms with Crippen LogP contribution in [0.4, 0.5) is 5.69 Å². The highest BCUT2D eigenvalue weighted by Crippen LogP contribution is 2.27. The second-order valence-electron chi connectivity index (χ2n) is 6.87. The number of benzene rings is 2. The Hall–Kier alpha value is -2.38. The summed E-state index contributed by atoms with van der Waals surface area (Å²) in [7, 11) is -2.23. The van der Waals surface area contributed by atoms with Crippen molar-refractivity contribution >= 4 is 21.6 Å². The molecular weight excluding hydrogens is 376 g/mol. The second kappa shape index (κ2) is 8.75. The van der Waals surface area contributed by atoms with E-state index in [-0.39, 0.29) is 18.0 Å². The van der Waals surface area contributed by atoms with E-state index in [9.17, 15) is 13.2 Å². The number of nitrogens with one attached hydrogen (secondary N) is 1. The van der Waals surface area contributed by atoms with Gasteiger partial charge in [-0.3, -0.25) is 4.79 Å². The summed E-state index contributed by atoms with van der Waals surface area (Å²) in [5.74, 6) is 0.127. The van der Waals surface area contributed by atoms with Crippen LogP contribution < -0.4 is 10.1 Å². The van der Waals surface area contributed by atoms with Crippen molar-refractivity contribution in [1.29, 1.82) is 0 Å². The number of rotatable bonds is 8. The molecule has 7 heteroatoms. The highest BCUT2D eigenvalue weighted by atomic mass is 32.2. The minimum absolute atomic E-state index is 0.245. The first-order valence-electron chi connectivity index (χ1n) is 9.50. The second-order valence-corrected chi connectivity index (χ2v) is 8.81. The van der Waals surface area contributed by atoms with E-state index in [1.165, 1.54) is 17.0 Å². The van der Waals surface area contributed by atoms with E-state index in [1.807, 2.05) is 13.0 Å². The molecule has 0 heterocycles. The van der Waals surface area contributed by atoms with Crippen molar-refractivity contribution in [2.45, 2.75) is 37.5 Å². The molecule has 150 valence electrons. The van der Waals surface area contributed by atoms with Crippen LogP contribution in [0.2, 0.25) is 0 Å². The van der Waals surface area contributed by atoms with Gasteiger partial charge in [-0.1, -0.05) is 25.1 Å². The number of methoxy groups -OCH3 is 1. The first-order valence-corrected chi connectivity index (χ1v) is 10.9. The quantitative estimate of drug-likeness (QED) is 0.736. The summed E-state index contributed by atoms with van der Waals surface area (Å²) in [6.07, 6.45) is 3.57. The number of nitrogens with zero attached hydrogens (tertiary/aromatic N) is 1. The zero-order chi connectivity index (χ0) is 20.1. The maximum absolute atomic E-state index is 13.2. The van der Waals surface area contributed by atoms with Gasteiger partial charge in [0.2, 0.25) is 15.9 Å². The smallest absolute Gasteiger partial charge is 0.243 e. The number of hydrogen-bond donors (Lipinski definition) is 1. The van der Waals surface area contributed by atoms with Gasteiger partial charge in [-0.05, 0) is 61.1 Å². The normalized spacial score (nSPS) is 13.4. The number of amides is 1. The molecule has 1 N–H and O–H groups in total. The Labute approximate surface area is 166 Å². The van der Waals surface area contributed by atoms with Gasteiger partial charge >= 0.3 is 0 Å². The summed E-state index contributed by atoms with van der Waals surface area (Å²) in [5, 5.41) is 2.75. The Bertz CT molecular complexity index is 957. The van der Waals surface area contributed by atoms with Crippen LogP contribution in [-0.2, 0) is 27.7 Å². The van der Waals surface area contributed by atoms with Gasteiger partial charge in [-0.2, -0.15) is 4.31 Å². The predicted molar refractivity (Wildman–Crippen MR) is 109 cm³/mol. The standard InChI is InChI=1S/C21H26N2O4S/c1-3-13-23(15-21(24)22-19-9-4-5-10-20(19)27-2)28(25,26)18-12-11-16-7-6-8-17(16)14-18/h4-5,9-12,14H,3,6-8,13,15H2,1-2H3,(H,22,24). The monoisotopic (exact) mass is 402 g/mol. The number of ether oxygens (including phenoxy) is 1. The lowest BCUT2D eigenvalue weighted by Crippen LogP contribution is -2.38. The summed E-state index contributed by atoms with van der Waals surface area (Å²) in [6, 6.07) is 12.4. The number of fused-ring (bicyclic) bond motifs is 1. The molecule has 0 saturated carbocycles. The molecule has 1 aliphatic rings. The van der Waals surface area contributed by atoms with Crippen LogP contribution in [0.25, 0.3) is 0 Å². The molecule has 0 spiro atoms. The van der Waals surface area contributed by atoms with Crippen molar-refractivity contribution in [1.82, 2.24) is 4.31 Å². The number of carbonyl (C=O) groups excluding carboxylic acids is 1. The molecule has 2 aromatic rings. The molecule has 0 bridgehead atoms. The molecule has 0 aliphatic heterocycles. The first-order chi connectivity index (χ1) is 13.5. The summed E-state index contributed by atoms with van der Waals surface area (Å²) >= 11 is 0. The van der Waals surface area contributed by atoms with E-state index < -0.39 is 15.9 Å². The summed E-state index contributed by atoms with van der Waals surface area (Å²) < 4.78 is 32.8. The predicted octanol–water partition coefficient (Wildman–Crippen LogP) is 3.22. The van der Waals surface area contributed by atoms with Crippen molar-refractivity contribution < 1.29 is 17.9 Å². The van der Waals surface area contributed by atoms with E-state index in [2.05, 4.69) is 5.32 Å². The minimum atomic E-state index is -3.75. The maximum atomic E-state index is 13.2. The molecule has 2 aromatic carbocycles. The fraction of sp³-hybridized carbons (Fsp3) is 0.381. The maximum Gasteiger partial charge on any atom is 0.243 e. The highest BCUT2D eigenvalue weighted by molar-refractivity contribution is 7.89. The topological polar surface area (TPSA) is 75.7 Å². The molecule has 0 fully saturated rings. The van der Waals surface area contributed by atoms with Crippen LogP contribution in [0.1, 0.15) is 30.9 Å². The lowest BCUT2D eigenvalue weighted by atomic mass is 10.1. The molecule has 0 radical (unpaired) electrons. The largest absolute Gasteiger partial charge is 0.495 e. The van der Waals surface area contributed by atoms with Crippen molar-refractivity contribution in [2.24, 2.45) is 0 Å². The summed E-state index contributed by atoms with van der Waals surface area (Å²) in [4.78, 5) is 12.8. The molecular formula is C21H26N2O4S. The van der Waals surface area contributed by atoms with Gasteiger partial charge in [-0.25, -0.2) is 8.42 Å². The van der Waals surface area contributed by atoms with E-state index in [0.717, 1.165) is 24.8 Å². The molecule has 0 atom stereocenters. The molecule has 6 nitrogen and oxygen atoms in total. The number of anilines is 1. The Morgan fingerprint density at radius 3 is 2.64 bits per heavy atom. The van der Waals surface area contributed by atoms with Crippen molar-refractivity contribution in [3.05, 3.63) is 53.6 Å². The van der Waals surface area contributed by atoms with Crippen LogP contribution >= 0.6 is 0 Å². The summed E-state index contributed by atoms with van der Waals surface area (Å²) in [5.41, 5.74) is 2.83. The van der Waals surface area contributed by atoms with Crippen LogP contribution in [-0.4, -0.2) is 38.8 Å². The van der Waals surface area contributed by atoms with E-state index in [4.69, 9.17) is 4.74 Å². The highest BCUT2D eigenvalue weighted by Gasteiger charge is 2.27. The fourth-order valence-electron chi connectivity index (χ4n) is 3.49. The number of hydrogen-bond acceptors (Lipinski definition) is 4. The van der Waals surface area contributed by atoms with Crippen molar-refractivity contribution in [3.8, 4) is 5.75 Å². The van der Waals surface area contributed by atoms with Gasteiger partial charge in [0.05, 0.1) is 24.2 Å². The third-order valence-corrected chi connectivity index (χ3v) is 6.72. The average Bonchev–Trinajstić information content (AvgIpc) is 3.16. The number of aryl methyl sites for hydroxylation is 2. The summed E-state index contributed by atoms with van der Waals surface area (Å²) in [6.45, 7) is 1.92. The zero-order valence-corrected chi connectivity index (χ0v) is 17.1. The molecule has 3 rings (SSSR count). The number of sulfonamides is 1. The lowest BCUT2D eigenvalue weighted by molar-refractivity contribution is -0.116. The Morgan fingerprint density at radius 2 is 1.89 bits per heavy atom. The third-order valence-electron chi connectivity index (χ3n) is 4.88. The van der Waals surface area contributed by atoms with E-state index >= 15 is 0 Å². The van der Waals surface area contributed by atoms with Gasteiger partial charge < -0.3 is 10.1 Å². The van der Waals surface area contributed by atoms with Gasteiger partial charge in [0, 0.05) is 6.54 Å². The van der Waals surface area contributed by atoms with Gasteiger partial charge in [0.25, 0.3) is 0 Å². The molecule has 1 amide bonds. The first kappa shape index (κ1) is 20.4. The van der Waals surface area contributed by atoms with Crippen LogP contribution in [0.5, 0.6) is 5.75 Å². The van der Waals surface area contributed by atoms with Gasteiger partial charge in [-0.15, -0.1) is 0 Å². The van der Waals surface area contributed by atoms with Gasteiger partial charge in [0.1, 0.15) is 5.75 Å². The Balaban J connectivity index is 1.79. The van der Waals surface area contributed by atoms with Crippen LogP contribution in [0.15, 0.2) is 47.4 Å². The minimum Gasteiger partial charge on any atom is -0.495 e. The van der Waals surface area contributed by atoms with Crippen LogP contribution in [0, 0.1) is 0 Å². The van der Waals surface area contributed by atoms with E-state index in [0.29, 0.717) is 17.9 Å². The molecule has 0 saturated heterocycles. The molecule has 1 aliphatic carbocycles. The lowest BCUT2D eigenvalue weighted by Gasteiger charge is -2.22. The SMILES string of the molecule is CCCN(CC(=O)Nc1ccccc1OC)S(=O)(=O)c1ccc2c(c1)CCC2. The van der Waals surface area contributed by atoms with Crippen molar-refractivity contribution in [3.63, 3.8) is 0 Å². The van der Waals surface area contributed by atoms with Crippen molar-refractivity contribution in [2.75, 3.05) is 25.5 Å². The zero-order valence-electron chi connectivity index (χ0n) is 16.3. The molecule has 28 heavy (non-hydrogen) atoms. The van der Waals surface area contributed by atoms with Crippen LogP contribution in [0.3, 0.4) is 0 Å². The molecule has 0 unspecified atom stereocenters. The number of para-hydroxylation sites is 2. The Kier molecular flexibility index (Phi) is 6.36. The fourth-order valence-corrected chi connectivity index (χ4v) is 5.03.